The van der Waals surface area contributed by atoms with Gasteiger partial charge in [0.25, 0.3) is 11.6 Å². The second kappa shape index (κ2) is 12.9. The summed E-state index contributed by atoms with van der Waals surface area (Å²) in [5, 5.41) is 28.1. The largest absolute Gasteiger partial charge is 0.490 e. The van der Waals surface area contributed by atoms with Crippen LogP contribution in [0.3, 0.4) is 0 Å². The van der Waals surface area contributed by atoms with Crippen LogP contribution in [0, 0.1) is 10.1 Å². The Morgan fingerprint density at radius 1 is 1.00 bits per heavy atom. The molecule has 0 aromatic heterocycles. The summed E-state index contributed by atoms with van der Waals surface area (Å²) in [5.41, 5.74) is -0.973. The summed E-state index contributed by atoms with van der Waals surface area (Å²) in [7, 11) is 2.54. The number of amides is 1. The molecule has 0 unspecified atom stereocenters. The van der Waals surface area contributed by atoms with Gasteiger partial charge in [0.15, 0.2) is 0 Å². The quantitative estimate of drug-likeness (QED) is 0.147. The third kappa shape index (κ3) is 11.4. The van der Waals surface area contributed by atoms with Crippen LogP contribution in [0.15, 0.2) is 24.3 Å². The van der Waals surface area contributed by atoms with Crippen molar-refractivity contribution in [3.63, 3.8) is 0 Å². The van der Waals surface area contributed by atoms with Crippen molar-refractivity contribution in [1.82, 2.24) is 5.32 Å². The monoisotopic (exact) mass is 494 g/mol. The first-order valence-electron chi connectivity index (χ1n) is 7.87. The number of nitrogens with one attached hydrogen (secondary N) is 1. The highest BCUT2D eigenvalue weighted by Crippen LogP contribution is 2.29. The molecule has 0 heterocycles. The van der Waals surface area contributed by atoms with Gasteiger partial charge in [0.1, 0.15) is 0 Å². The van der Waals surface area contributed by atoms with Crippen LogP contribution < -0.4 is 5.32 Å². The number of carbonyl (C=O) groups excluding carboxylic acids is 1. The molecule has 174 valence electrons. The van der Waals surface area contributed by atoms with Crippen molar-refractivity contribution < 1.29 is 51.5 Å². The van der Waals surface area contributed by atoms with E-state index in [9.17, 15) is 41.7 Å². The molecule has 1 aromatic carbocycles. The van der Waals surface area contributed by atoms with E-state index in [0.717, 1.165) is 24.3 Å². The fourth-order valence-electron chi connectivity index (χ4n) is 1.49. The highest BCUT2D eigenvalue weighted by Gasteiger charge is 2.40. The summed E-state index contributed by atoms with van der Waals surface area (Å²) in [6.07, 6.45) is -5.08. The minimum absolute atomic E-state index is 0.00222. The first-order valence-corrected chi connectivity index (χ1v) is 10.4. The van der Waals surface area contributed by atoms with Gasteiger partial charge in [-0.3, -0.25) is 19.7 Å². The molecule has 31 heavy (non-hydrogen) atoms. The molecule has 0 aliphatic heterocycles. The summed E-state index contributed by atoms with van der Waals surface area (Å²) in [6.45, 7) is -0.00779. The molecule has 0 radical (unpaired) electrons. The topological polar surface area (TPSA) is 147 Å². The lowest BCUT2D eigenvalue weighted by Gasteiger charge is -2.16. The van der Waals surface area contributed by atoms with Crippen molar-refractivity contribution in [3.05, 3.63) is 39.9 Å². The van der Waals surface area contributed by atoms with E-state index < -0.39 is 40.4 Å². The van der Waals surface area contributed by atoms with Gasteiger partial charge in [0.2, 0.25) is 0 Å². The van der Waals surface area contributed by atoms with Crippen LogP contribution in [0.4, 0.5) is 27.6 Å². The average Bonchev–Trinajstić information content (AvgIpc) is 2.66. The number of rotatable bonds is 10. The van der Waals surface area contributed by atoms with Gasteiger partial charge < -0.3 is 15.5 Å². The van der Waals surface area contributed by atoms with E-state index in [1.54, 1.807) is 0 Å². The molecule has 1 aromatic rings. The number of hydrogen-bond donors (Lipinski definition) is 3. The number of benzene rings is 1. The fraction of sp³-hybridized carbons (Fsp3) is 0.400. The van der Waals surface area contributed by atoms with E-state index in [2.05, 4.69) is 5.32 Å². The molecule has 1 amide bonds. The number of nitro benzene ring substituents is 1. The van der Waals surface area contributed by atoms with Crippen LogP contribution in [0.25, 0.3) is 0 Å². The minimum atomic E-state index is -5.08. The Morgan fingerprint density at radius 3 is 1.90 bits per heavy atom. The number of alkyl halides is 5. The molecule has 3 N–H and O–H groups in total. The first kappa shape index (κ1) is 28.4. The third-order valence-electron chi connectivity index (χ3n) is 2.92. The molecular weight excluding hydrogens is 479 g/mol. The number of hydrogen-bond acceptors (Lipinski definition) is 7. The number of carbonyl (C=O) groups is 3. The Morgan fingerprint density at radius 2 is 1.48 bits per heavy atom. The Hall–Kier alpha value is -2.62. The van der Waals surface area contributed by atoms with E-state index >= 15 is 0 Å². The van der Waals surface area contributed by atoms with Crippen LogP contribution in [0.5, 0.6) is 0 Å². The number of halogens is 5. The van der Waals surface area contributed by atoms with Crippen LogP contribution in [-0.2, 0) is 20.3 Å². The lowest BCUT2D eigenvalue weighted by molar-refractivity contribution is -0.384. The Kier molecular flexibility index (Phi) is 11.8. The van der Waals surface area contributed by atoms with Gasteiger partial charge in [-0.2, -0.15) is 22.0 Å². The van der Waals surface area contributed by atoms with Gasteiger partial charge in [0, 0.05) is 35.7 Å². The zero-order valence-electron chi connectivity index (χ0n) is 15.2. The summed E-state index contributed by atoms with van der Waals surface area (Å²) >= 11 is 0. The summed E-state index contributed by atoms with van der Waals surface area (Å²) in [5.74, 6) is -8.24. The van der Waals surface area contributed by atoms with E-state index in [1.807, 2.05) is 0 Å². The van der Waals surface area contributed by atoms with Crippen LogP contribution in [-0.4, -0.2) is 57.2 Å². The number of nitrogens with zero attached hydrogens (tertiary/aromatic N) is 1. The molecule has 0 bridgehead atoms. The average molecular weight is 494 g/mol. The molecule has 9 nitrogen and oxygen atoms in total. The van der Waals surface area contributed by atoms with Gasteiger partial charge in [-0.15, -0.1) is 0 Å². The lowest BCUT2D eigenvalue weighted by Crippen LogP contribution is -2.39. The predicted molar refractivity (Wildman–Crippen MR) is 101 cm³/mol. The molecule has 0 aliphatic rings. The zero-order chi connectivity index (χ0) is 24.2. The maximum Gasteiger partial charge on any atom is 0.490 e. The van der Waals surface area contributed by atoms with Gasteiger partial charge in [-0.1, -0.05) is 21.6 Å². The van der Waals surface area contributed by atoms with Gasteiger partial charge in [-0.05, 0) is 12.1 Å². The van der Waals surface area contributed by atoms with Crippen molar-refractivity contribution in [1.29, 1.82) is 0 Å². The highest BCUT2D eigenvalue weighted by molar-refractivity contribution is 8.76. The van der Waals surface area contributed by atoms with Crippen LogP contribution in [0.2, 0.25) is 0 Å². The van der Waals surface area contributed by atoms with Crippen molar-refractivity contribution in [2.75, 3.05) is 18.1 Å². The van der Waals surface area contributed by atoms with E-state index in [-0.39, 0.29) is 18.7 Å². The number of carboxylic acids is 2. The van der Waals surface area contributed by atoms with Crippen molar-refractivity contribution >= 4 is 45.1 Å². The maximum absolute atomic E-state index is 13.9. The van der Waals surface area contributed by atoms with Gasteiger partial charge >= 0.3 is 24.0 Å². The fourth-order valence-corrected chi connectivity index (χ4v) is 3.37. The minimum Gasteiger partial charge on any atom is -0.481 e. The summed E-state index contributed by atoms with van der Waals surface area (Å²) in [4.78, 5) is 40.5. The van der Waals surface area contributed by atoms with E-state index in [4.69, 9.17) is 15.0 Å². The lowest BCUT2D eigenvalue weighted by atomic mass is 10.1. The highest BCUT2D eigenvalue weighted by atomic mass is 33.1. The molecule has 0 spiro atoms. The molecule has 0 saturated carbocycles. The Labute approximate surface area is 178 Å². The number of non-ortho nitro benzene ring substituents is 1. The van der Waals surface area contributed by atoms with E-state index in [0.29, 0.717) is 11.5 Å². The Balaban J connectivity index is 0.00000110. The number of carboxylic acid groups (broad SMARTS) is 2. The molecule has 0 aliphatic carbocycles. The summed E-state index contributed by atoms with van der Waals surface area (Å²) in [6, 6.07) is 3.50. The van der Waals surface area contributed by atoms with Crippen LogP contribution in [0.1, 0.15) is 12.0 Å². The van der Waals surface area contributed by atoms with Crippen LogP contribution >= 0.6 is 21.6 Å². The Bertz CT molecular complexity index is 776. The smallest absolute Gasteiger partial charge is 0.481 e. The molecule has 1 rings (SSSR count). The molecule has 0 atom stereocenters. The number of nitro groups is 1. The summed E-state index contributed by atoms with van der Waals surface area (Å²) < 4.78 is 59.6. The van der Waals surface area contributed by atoms with Crippen molar-refractivity contribution in [2.45, 2.75) is 18.5 Å². The van der Waals surface area contributed by atoms with Crippen molar-refractivity contribution in [3.8, 4) is 0 Å². The standard InChI is InChI=1S/C13H14F2N2O5S2.C2HF3O2/c14-13(15,9-1-3-10(4-2-9)17(21)22)12(20)16-6-8-24-23-7-5-11(18)19;3-2(4,5)1(6)7/h1-4H,5-8H2,(H,16,20)(H,18,19);(H,6,7). The van der Waals surface area contributed by atoms with Gasteiger partial charge in [-0.25, -0.2) is 4.79 Å². The molecule has 0 saturated heterocycles. The van der Waals surface area contributed by atoms with E-state index in [1.165, 1.54) is 21.6 Å². The van der Waals surface area contributed by atoms with Crippen molar-refractivity contribution in [2.24, 2.45) is 0 Å². The number of aliphatic carboxylic acids is 2. The SMILES string of the molecule is O=C(O)C(F)(F)F.O=C(O)CCSSCCNC(=O)C(F)(F)c1ccc([N+](=O)[O-])cc1. The molecule has 16 heteroatoms. The molecule has 0 fully saturated rings. The third-order valence-corrected chi connectivity index (χ3v) is 5.33. The molecular formula is C15H15F5N2O7S2. The normalized spacial score (nSPS) is 11.1. The maximum atomic E-state index is 13.9. The predicted octanol–water partition coefficient (Wildman–Crippen LogP) is 3.29. The second-order valence-electron chi connectivity index (χ2n) is 5.22. The van der Waals surface area contributed by atoms with Gasteiger partial charge in [0.05, 0.1) is 11.3 Å². The zero-order valence-corrected chi connectivity index (χ0v) is 16.9. The second-order valence-corrected chi connectivity index (χ2v) is 7.93. The first-order chi connectivity index (χ1) is 14.2.